The number of carbonyl (C=O) groups excluding carboxylic acids is 1. The van der Waals surface area contributed by atoms with Crippen molar-refractivity contribution in [2.45, 2.75) is 12.5 Å². The topological polar surface area (TPSA) is 67.1 Å². The highest BCUT2D eigenvalue weighted by Crippen LogP contribution is 1.87. The molecule has 0 aromatic heterocycles. The molecule has 1 saturated heterocycles. The van der Waals surface area contributed by atoms with Gasteiger partial charge in [-0.15, -0.1) is 0 Å². The van der Waals surface area contributed by atoms with Crippen LogP contribution in [0.4, 0.5) is 0 Å². The molecule has 0 saturated carbocycles. The lowest BCUT2D eigenvalue weighted by Crippen LogP contribution is -2.41. The summed E-state index contributed by atoms with van der Waals surface area (Å²) in [6, 6.07) is 0.256. The predicted molar refractivity (Wildman–Crippen MR) is 38.5 cm³/mol. The van der Waals surface area contributed by atoms with Gasteiger partial charge in [0, 0.05) is 32.1 Å². The van der Waals surface area contributed by atoms with Crippen molar-refractivity contribution < 1.29 is 4.79 Å². The van der Waals surface area contributed by atoms with Gasteiger partial charge in [0.1, 0.15) is 0 Å². The molecule has 0 unspecified atom stereocenters. The minimum atomic E-state index is 0.114. The van der Waals surface area contributed by atoms with Crippen LogP contribution in [-0.4, -0.2) is 31.6 Å². The van der Waals surface area contributed by atoms with Crippen LogP contribution in [0.1, 0.15) is 6.42 Å². The molecule has 58 valence electrons. The highest BCUT2D eigenvalue weighted by Gasteiger charge is 2.12. The van der Waals surface area contributed by atoms with Gasteiger partial charge in [0.15, 0.2) is 0 Å². The van der Waals surface area contributed by atoms with Crippen LogP contribution in [-0.2, 0) is 4.79 Å². The molecule has 1 atom stereocenters. The fraction of sp³-hybridized carbons (Fsp3) is 0.833. The zero-order chi connectivity index (χ0) is 7.40. The Morgan fingerprint density at radius 3 is 3.20 bits per heavy atom. The largest absolute Gasteiger partial charge is 0.354 e. The van der Waals surface area contributed by atoms with E-state index in [1.807, 2.05) is 0 Å². The van der Waals surface area contributed by atoms with Crippen molar-refractivity contribution in [1.82, 2.24) is 10.6 Å². The summed E-state index contributed by atoms with van der Waals surface area (Å²) in [5.41, 5.74) is 5.40. The van der Waals surface area contributed by atoms with Gasteiger partial charge in [0.2, 0.25) is 5.91 Å². The van der Waals surface area contributed by atoms with Gasteiger partial charge < -0.3 is 16.4 Å². The molecule has 1 heterocycles. The fourth-order valence-electron chi connectivity index (χ4n) is 0.954. The first-order valence-electron chi connectivity index (χ1n) is 3.53. The van der Waals surface area contributed by atoms with E-state index >= 15 is 0 Å². The maximum Gasteiger partial charge on any atom is 0.221 e. The molecule has 4 N–H and O–H groups in total. The van der Waals surface area contributed by atoms with E-state index < -0.39 is 0 Å². The van der Waals surface area contributed by atoms with Crippen LogP contribution in [0.3, 0.4) is 0 Å². The van der Waals surface area contributed by atoms with Crippen molar-refractivity contribution in [3.63, 3.8) is 0 Å². The minimum absolute atomic E-state index is 0.114. The number of carbonyl (C=O) groups is 1. The van der Waals surface area contributed by atoms with E-state index in [1.54, 1.807) is 0 Å². The average Bonchev–Trinajstić information content (AvgIpc) is 2.14. The maximum absolute atomic E-state index is 10.8. The van der Waals surface area contributed by atoms with Crippen LogP contribution in [0.5, 0.6) is 0 Å². The molecule has 1 amide bonds. The summed E-state index contributed by atoms with van der Waals surface area (Å²) in [5.74, 6) is 0.114. The first-order valence-corrected chi connectivity index (χ1v) is 3.53. The summed E-state index contributed by atoms with van der Waals surface area (Å²) >= 11 is 0. The summed E-state index contributed by atoms with van der Waals surface area (Å²) in [6.45, 7) is 1.99. The van der Waals surface area contributed by atoms with Gasteiger partial charge in [0.25, 0.3) is 0 Å². The minimum Gasteiger partial charge on any atom is -0.354 e. The van der Waals surface area contributed by atoms with Crippen molar-refractivity contribution in [3.8, 4) is 0 Å². The first-order chi connectivity index (χ1) is 4.83. The molecule has 1 fully saturated rings. The molecular weight excluding hydrogens is 130 g/mol. The lowest BCUT2D eigenvalue weighted by molar-refractivity contribution is -0.120. The normalized spacial score (nSPS) is 27.3. The molecule has 4 heteroatoms. The van der Waals surface area contributed by atoms with Gasteiger partial charge in [-0.05, 0) is 0 Å². The van der Waals surface area contributed by atoms with E-state index in [9.17, 15) is 4.79 Å². The molecule has 0 bridgehead atoms. The summed E-state index contributed by atoms with van der Waals surface area (Å²) in [6.07, 6.45) is 0.566. The summed E-state index contributed by atoms with van der Waals surface area (Å²) in [4.78, 5) is 10.8. The number of nitrogens with one attached hydrogen (secondary N) is 2. The molecule has 4 nitrogen and oxygen atoms in total. The van der Waals surface area contributed by atoms with Gasteiger partial charge >= 0.3 is 0 Å². The van der Waals surface area contributed by atoms with Gasteiger partial charge in [-0.1, -0.05) is 0 Å². The molecule has 0 spiro atoms. The molecule has 0 aromatic carbocycles. The molecule has 10 heavy (non-hydrogen) atoms. The Kier molecular flexibility index (Phi) is 2.65. The van der Waals surface area contributed by atoms with Crippen LogP contribution in [0.2, 0.25) is 0 Å². The standard InChI is InChI=1S/C6H13N3O/c7-3-5-4-9-6(10)1-2-8-5/h5,8H,1-4,7H2,(H,9,10)/t5-/m1/s1. The van der Waals surface area contributed by atoms with Crippen LogP contribution in [0.15, 0.2) is 0 Å². The second-order valence-corrected chi connectivity index (χ2v) is 2.44. The Bertz CT molecular complexity index is 126. The molecule has 0 radical (unpaired) electrons. The van der Waals surface area contributed by atoms with E-state index in [2.05, 4.69) is 10.6 Å². The van der Waals surface area contributed by atoms with Crippen molar-refractivity contribution in [3.05, 3.63) is 0 Å². The Balaban J connectivity index is 2.33. The Morgan fingerprint density at radius 1 is 1.70 bits per heavy atom. The Labute approximate surface area is 60.2 Å². The van der Waals surface area contributed by atoms with Crippen LogP contribution in [0.25, 0.3) is 0 Å². The Hall–Kier alpha value is -0.610. The lowest BCUT2D eigenvalue weighted by Gasteiger charge is -2.11. The SMILES string of the molecule is NC[C@@H]1CNC(=O)CCN1. The van der Waals surface area contributed by atoms with E-state index in [-0.39, 0.29) is 11.9 Å². The van der Waals surface area contributed by atoms with Gasteiger partial charge in [-0.2, -0.15) is 0 Å². The number of hydrogen-bond acceptors (Lipinski definition) is 3. The zero-order valence-electron chi connectivity index (χ0n) is 5.89. The van der Waals surface area contributed by atoms with E-state index in [0.29, 0.717) is 19.5 Å². The highest BCUT2D eigenvalue weighted by molar-refractivity contribution is 5.76. The van der Waals surface area contributed by atoms with E-state index in [4.69, 9.17) is 5.73 Å². The molecule has 1 rings (SSSR count). The summed E-state index contributed by atoms with van der Waals surface area (Å²) in [7, 11) is 0. The quantitative estimate of drug-likeness (QED) is 0.415. The predicted octanol–water partition coefficient (Wildman–Crippen LogP) is -1.58. The fourth-order valence-corrected chi connectivity index (χ4v) is 0.954. The zero-order valence-corrected chi connectivity index (χ0v) is 5.89. The third-order valence-corrected chi connectivity index (χ3v) is 1.62. The first kappa shape index (κ1) is 7.50. The van der Waals surface area contributed by atoms with Crippen molar-refractivity contribution in [2.75, 3.05) is 19.6 Å². The van der Waals surface area contributed by atoms with E-state index in [0.717, 1.165) is 6.54 Å². The van der Waals surface area contributed by atoms with Crippen LogP contribution < -0.4 is 16.4 Å². The van der Waals surface area contributed by atoms with Crippen LogP contribution in [0, 0.1) is 0 Å². The smallest absolute Gasteiger partial charge is 0.221 e. The molecule has 1 aliphatic heterocycles. The second-order valence-electron chi connectivity index (χ2n) is 2.44. The molecule has 0 aromatic rings. The Morgan fingerprint density at radius 2 is 2.50 bits per heavy atom. The summed E-state index contributed by atoms with van der Waals surface area (Å²) < 4.78 is 0. The number of hydrogen-bond donors (Lipinski definition) is 3. The van der Waals surface area contributed by atoms with E-state index in [1.165, 1.54) is 0 Å². The molecule has 1 aliphatic rings. The molecule has 0 aliphatic carbocycles. The number of nitrogens with two attached hydrogens (primary N) is 1. The van der Waals surface area contributed by atoms with Crippen LogP contribution >= 0.6 is 0 Å². The van der Waals surface area contributed by atoms with Crippen molar-refractivity contribution in [1.29, 1.82) is 0 Å². The van der Waals surface area contributed by atoms with Crippen molar-refractivity contribution in [2.24, 2.45) is 5.73 Å². The van der Waals surface area contributed by atoms with Gasteiger partial charge in [0.05, 0.1) is 0 Å². The third kappa shape index (κ3) is 1.97. The summed E-state index contributed by atoms with van der Waals surface area (Å²) in [5, 5.41) is 5.92. The monoisotopic (exact) mass is 143 g/mol. The number of rotatable bonds is 1. The van der Waals surface area contributed by atoms with Gasteiger partial charge in [-0.25, -0.2) is 0 Å². The second kappa shape index (κ2) is 3.53. The maximum atomic E-state index is 10.8. The van der Waals surface area contributed by atoms with Gasteiger partial charge in [-0.3, -0.25) is 4.79 Å². The number of amides is 1. The lowest BCUT2D eigenvalue weighted by atomic mass is 10.3. The third-order valence-electron chi connectivity index (χ3n) is 1.62. The molecular formula is C6H13N3O. The average molecular weight is 143 g/mol. The highest BCUT2D eigenvalue weighted by atomic mass is 16.1. The van der Waals surface area contributed by atoms with Crippen molar-refractivity contribution >= 4 is 5.91 Å².